The Morgan fingerprint density at radius 3 is 2.87 bits per heavy atom. The fourth-order valence-electron chi connectivity index (χ4n) is 1.26. The Bertz CT molecular complexity index is 403. The Balaban J connectivity index is 2.17. The molecule has 1 N–H and O–H groups in total. The molecule has 1 unspecified atom stereocenters. The summed E-state index contributed by atoms with van der Waals surface area (Å²) in [6.07, 6.45) is 0.653. The van der Waals surface area contributed by atoms with Gasteiger partial charge in [0.2, 0.25) is 0 Å². The molecule has 2 heterocycles. The Kier molecular flexibility index (Phi) is 2.20. The molecular weight excluding hydrogens is 202 g/mol. The predicted molar refractivity (Wildman–Crippen MR) is 48.1 cm³/mol. The molecule has 1 aliphatic rings. The van der Waals surface area contributed by atoms with Gasteiger partial charge in [0.1, 0.15) is 18.8 Å². The second-order valence-electron chi connectivity index (χ2n) is 2.99. The fourth-order valence-corrected chi connectivity index (χ4v) is 1.26. The van der Waals surface area contributed by atoms with E-state index in [2.05, 4.69) is 15.0 Å². The van der Waals surface area contributed by atoms with E-state index in [9.17, 15) is 14.9 Å². The highest BCUT2D eigenvalue weighted by atomic mass is 16.6. The maximum atomic E-state index is 10.7. The molecule has 0 aromatic carbocycles. The number of carbonyl (C=O) groups excluding carboxylic acids is 1. The smallest absolute Gasteiger partial charge is 0.407 e. The van der Waals surface area contributed by atoms with Crippen molar-refractivity contribution in [1.82, 2.24) is 10.3 Å². The molecular formula is C8H7N3O4. The van der Waals surface area contributed by atoms with E-state index in [0.29, 0.717) is 5.69 Å². The number of ether oxygens (including phenoxy) is 1. The summed E-state index contributed by atoms with van der Waals surface area (Å²) in [6.45, 7) is 0.198. The molecule has 1 atom stereocenters. The number of aromatic nitrogens is 1. The molecule has 1 saturated heterocycles. The standard InChI is InChI=1S/C8H7N3O4/c12-8-10-7(4-15-8)6-2-1-5(3-9-6)11(13)14/h1-3,7H,4H2,(H,10,12). The molecule has 0 radical (unpaired) electrons. The van der Waals surface area contributed by atoms with Crippen molar-refractivity contribution >= 4 is 11.8 Å². The normalized spacial score (nSPS) is 19.5. The predicted octanol–water partition coefficient (Wildman–Crippen LogP) is 0.771. The zero-order valence-corrected chi connectivity index (χ0v) is 7.54. The largest absolute Gasteiger partial charge is 0.447 e. The maximum absolute atomic E-state index is 10.7. The van der Waals surface area contributed by atoms with Crippen LogP contribution in [0.5, 0.6) is 0 Å². The van der Waals surface area contributed by atoms with Crippen molar-refractivity contribution in [2.75, 3.05) is 6.61 Å². The van der Waals surface area contributed by atoms with Gasteiger partial charge in [-0.1, -0.05) is 0 Å². The van der Waals surface area contributed by atoms with Crippen molar-refractivity contribution in [3.05, 3.63) is 34.1 Å². The van der Waals surface area contributed by atoms with Crippen LogP contribution in [0.25, 0.3) is 0 Å². The van der Waals surface area contributed by atoms with Gasteiger partial charge in [-0.05, 0) is 6.07 Å². The molecule has 1 aromatic heterocycles. The van der Waals surface area contributed by atoms with Gasteiger partial charge < -0.3 is 10.1 Å². The first-order valence-corrected chi connectivity index (χ1v) is 4.20. The van der Waals surface area contributed by atoms with Gasteiger partial charge in [-0.3, -0.25) is 15.1 Å². The lowest BCUT2D eigenvalue weighted by Gasteiger charge is -2.04. The van der Waals surface area contributed by atoms with E-state index < -0.39 is 11.0 Å². The van der Waals surface area contributed by atoms with E-state index in [4.69, 9.17) is 0 Å². The summed E-state index contributed by atoms with van der Waals surface area (Å²) in [4.78, 5) is 24.4. The number of rotatable bonds is 2. The number of hydrogen-bond acceptors (Lipinski definition) is 5. The molecule has 7 heteroatoms. The summed E-state index contributed by atoms with van der Waals surface area (Å²) in [5.74, 6) is 0. The molecule has 0 aliphatic carbocycles. The Morgan fingerprint density at radius 1 is 1.60 bits per heavy atom. The molecule has 0 saturated carbocycles. The van der Waals surface area contributed by atoms with E-state index in [1.807, 2.05) is 0 Å². The average Bonchev–Trinajstić information content (AvgIpc) is 2.65. The van der Waals surface area contributed by atoms with Crippen LogP contribution in [0.4, 0.5) is 10.5 Å². The van der Waals surface area contributed by atoms with Crippen LogP contribution in [-0.2, 0) is 4.74 Å². The summed E-state index contributed by atoms with van der Waals surface area (Å²) < 4.78 is 4.67. The highest BCUT2D eigenvalue weighted by Crippen LogP contribution is 2.18. The molecule has 15 heavy (non-hydrogen) atoms. The first-order valence-electron chi connectivity index (χ1n) is 4.20. The number of cyclic esters (lactones) is 1. The third-order valence-electron chi connectivity index (χ3n) is 2.01. The summed E-state index contributed by atoms with van der Waals surface area (Å²) in [5.41, 5.74) is 0.468. The van der Waals surface area contributed by atoms with Crippen LogP contribution in [0.3, 0.4) is 0 Å². The monoisotopic (exact) mass is 209 g/mol. The Morgan fingerprint density at radius 2 is 2.40 bits per heavy atom. The lowest BCUT2D eigenvalue weighted by molar-refractivity contribution is -0.385. The Labute approximate surface area is 84.2 Å². The minimum atomic E-state index is -0.527. The van der Waals surface area contributed by atoms with Crippen LogP contribution in [0, 0.1) is 10.1 Å². The molecule has 7 nitrogen and oxygen atoms in total. The van der Waals surface area contributed by atoms with Crippen molar-refractivity contribution in [3.63, 3.8) is 0 Å². The van der Waals surface area contributed by atoms with Crippen molar-refractivity contribution in [3.8, 4) is 0 Å². The van der Waals surface area contributed by atoms with Gasteiger partial charge in [0.15, 0.2) is 0 Å². The molecule has 1 aromatic rings. The van der Waals surface area contributed by atoms with Crippen molar-refractivity contribution < 1.29 is 14.5 Å². The van der Waals surface area contributed by atoms with Gasteiger partial charge in [-0.15, -0.1) is 0 Å². The molecule has 0 bridgehead atoms. The molecule has 2 rings (SSSR count). The van der Waals surface area contributed by atoms with Gasteiger partial charge in [0.05, 0.1) is 10.6 Å². The molecule has 1 aliphatic heterocycles. The van der Waals surface area contributed by atoms with Crippen LogP contribution in [-0.4, -0.2) is 22.6 Å². The number of pyridine rings is 1. The highest BCUT2D eigenvalue weighted by Gasteiger charge is 2.25. The van der Waals surface area contributed by atoms with E-state index >= 15 is 0 Å². The minimum absolute atomic E-state index is 0.0796. The number of carbonyl (C=O) groups is 1. The Hall–Kier alpha value is -2.18. The van der Waals surface area contributed by atoms with E-state index in [1.54, 1.807) is 0 Å². The number of nitrogens with zero attached hydrogens (tertiary/aromatic N) is 2. The number of amides is 1. The first-order chi connectivity index (χ1) is 7.16. The molecule has 1 amide bonds. The maximum Gasteiger partial charge on any atom is 0.407 e. The molecule has 78 valence electrons. The zero-order valence-electron chi connectivity index (χ0n) is 7.54. The summed E-state index contributed by atoms with van der Waals surface area (Å²) in [6, 6.07) is 2.52. The SMILES string of the molecule is O=C1NC(c2ccc([N+](=O)[O-])cn2)CO1. The number of hydrogen-bond donors (Lipinski definition) is 1. The lowest BCUT2D eigenvalue weighted by Crippen LogP contribution is -2.19. The van der Waals surface area contributed by atoms with E-state index in [-0.39, 0.29) is 18.3 Å². The second kappa shape index (κ2) is 3.52. The van der Waals surface area contributed by atoms with Crippen molar-refractivity contribution in [2.45, 2.75) is 6.04 Å². The van der Waals surface area contributed by atoms with Gasteiger partial charge in [-0.25, -0.2) is 4.79 Å². The third-order valence-corrected chi connectivity index (χ3v) is 2.01. The van der Waals surface area contributed by atoms with Crippen molar-refractivity contribution in [2.24, 2.45) is 0 Å². The summed E-state index contributed by atoms with van der Waals surface area (Å²) in [7, 11) is 0. The third kappa shape index (κ3) is 1.85. The zero-order chi connectivity index (χ0) is 10.8. The average molecular weight is 209 g/mol. The van der Waals surface area contributed by atoms with Crippen LogP contribution < -0.4 is 5.32 Å². The topological polar surface area (TPSA) is 94.4 Å². The van der Waals surface area contributed by atoms with Crippen LogP contribution in [0.1, 0.15) is 11.7 Å². The fraction of sp³-hybridized carbons (Fsp3) is 0.250. The second-order valence-corrected chi connectivity index (χ2v) is 2.99. The van der Waals surface area contributed by atoms with E-state index in [0.717, 1.165) is 6.20 Å². The highest BCUT2D eigenvalue weighted by molar-refractivity contribution is 5.69. The van der Waals surface area contributed by atoms with Crippen LogP contribution in [0.15, 0.2) is 18.3 Å². The first kappa shape index (κ1) is 9.38. The summed E-state index contributed by atoms with van der Waals surface area (Å²) >= 11 is 0. The lowest BCUT2D eigenvalue weighted by atomic mass is 10.2. The van der Waals surface area contributed by atoms with Gasteiger partial charge >= 0.3 is 6.09 Å². The molecule has 0 spiro atoms. The number of nitrogens with one attached hydrogen (secondary N) is 1. The van der Waals surface area contributed by atoms with Crippen molar-refractivity contribution in [1.29, 1.82) is 0 Å². The van der Waals surface area contributed by atoms with Gasteiger partial charge in [-0.2, -0.15) is 0 Å². The van der Waals surface area contributed by atoms with Crippen LogP contribution in [0.2, 0.25) is 0 Å². The number of nitro groups is 1. The number of alkyl carbamates (subject to hydrolysis) is 1. The van der Waals surface area contributed by atoms with E-state index in [1.165, 1.54) is 12.1 Å². The van der Waals surface area contributed by atoms with Gasteiger partial charge in [0.25, 0.3) is 5.69 Å². The summed E-state index contributed by atoms with van der Waals surface area (Å²) in [5, 5.41) is 12.9. The minimum Gasteiger partial charge on any atom is -0.447 e. The van der Waals surface area contributed by atoms with Crippen LogP contribution >= 0.6 is 0 Å². The van der Waals surface area contributed by atoms with Gasteiger partial charge in [0, 0.05) is 6.07 Å². The quantitative estimate of drug-likeness (QED) is 0.573. The molecule has 1 fully saturated rings.